The summed E-state index contributed by atoms with van der Waals surface area (Å²) in [4.78, 5) is 23.1. The molecule has 3 amide bonds. The molecule has 22 heavy (non-hydrogen) atoms. The molecule has 0 unspecified atom stereocenters. The second kappa shape index (κ2) is 8.09. The fourth-order valence-electron chi connectivity index (χ4n) is 1.71. The van der Waals surface area contributed by atoms with Gasteiger partial charge in [-0.1, -0.05) is 23.7 Å². The van der Waals surface area contributed by atoms with Crippen LogP contribution < -0.4 is 16.0 Å². The van der Waals surface area contributed by atoms with Crippen LogP contribution in [-0.2, 0) is 17.9 Å². The number of carbonyl (C=O) groups excluding carboxylic acids is 2. The minimum Gasteiger partial charge on any atom is -0.467 e. The van der Waals surface area contributed by atoms with Crippen molar-refractivity contribution in [1.82, 2.24) is 16.0 Å². The second-order valence-corrected chi connectivity index (χ2v) is 4.96. The van der Waals surface area contributed by atoms with E-state index in [0.717, 1.165) is 5.56 Å². The van der Waals surface area contributed by atoms with Crippen LogP contribution >= 0.6 is 11.6 Å². The molecule has 0 saturated heterocycles. The molecular weight excluding hydrogens is 306 g/mol. The number of nitrogens with one attached hydrogen (secondary N) is 3. The van der Waals surface area contributed by atoms with Crippen LogP contribution in [0.1, 0.15) is 11.3 Å². The van der Waals surface area contributed by atoms with Crippen LogP contribution in [0.25, 0.3) is 0 Å². The molecule has 1 aromatic carbocycles. The van der Waals surface area contributed by atoms with Gasteiger partial charge in [-0.3, -0.25) is 4.79 Å². The SMILES string of the molecule is O=C(CNC(=O)NCc1cccc(Cl)c1)NCc1ccco1. The van der Waals surface area contributed by atoms with Crippen molar-refractivity contribution in [3.8, 4) is 0 Å². The van der Waals surface area contributed by atoms with Gasteiger partial charge < -0.3 is 20.4 Å². The molecule has 0 saturated carbocycles. The molecule has 0 atom stereocenters. The average molecular weight is 322 g/mol. The maximum absolute atomic E-state index is 11.6. The van der Waals surface area contributed by atoms with Crippen molar-refractivity contribution in [2.45, 2.75) is 13.1 Å². The first-order valence-electron chi connectivity index (χ1n) is 6.69. The Kier molecular flexibility index (Phi) is 5.85. The third kappa shape index (κ3) is 5.49. The van der Waals surface area contributed by atoms with Crippen LogP contribution in [0.4, 0.5) is 4.79 Å². The zero-order valence-electron chi connectivity index (χ0n) is 11.8. The predicted molar refractivity (Wildman–Crippen MR) is 82.2 cm³/mol. The van der Waals surface area contributed by atoms with Gasteiger partial charge in [0.15, 0.2) is 0 Å². The number of carbonyl (C=O) groups is 2. The molecule has 1 aromatic heterocycles. The van der Waals surface area contributed by atoms with Crippen LogP contribution in [0.3, 0.4) is 0 Å². The summed E-state index contributed by atoms with van der Waals surface area (Å²) in [7, 11) is 0. The molecule has 2 rings (SSSR count). The van der Waals surface area contributed by atoms with Gasteiger partial charge in [-0.25, -0.2) is 4.79 Å². The Morgan fingerprint density at radius 3 is 2.64 bits per heavy atom. The van der Waals surface area contributed by atoms with E-state index in [2.05, 4.69) is 16.0 Å². The highest BCUT2D eigenvalue weighted by Crippen LogP contribution is 2.10. The molecular formula is C15H16ClN3O3. The molecule has 2 aromatic rings. The number of halogens is 1. The highest BCUT2D eigenvalue weighted by molar-refractivity contribution is 6.30. The first-order valence-corrected chi connectivity index (χ1v) is 7.06. The summed E-state index contributed by atoms with van der Waals surface area (Å²) in [6, 6.07) is 10.2. The Bertz CT molecular complexity index is 629. The van der Waals surface area contributed by atoms with Crippen LogP contribution in [0.15, 0.2) is 47.1 Å². The Balaban J connectivity index is 1.63. The van der Waals surface area contributed by atoms with Crippen LogP contribution in [0.2, 0.25) is 5.02 Å². The van der Waals surface area contributed by atoms with E-state index in [4.69, 9.17) is 16.0 Å². The summed E-state index contributed by atoms with van der Waals surface area (Å²) in [6.45, 7) is 0.514. The predicted octanol–water partition coefficient (Wildman–Crippen LogP) is 2.05. The van der Waals surface area contributed by atoms with E-state index in [9.17, 15) is 9.59 Å². The fourth-order valence-corrected chi connectivity index (χ4v) is 1.93. The lowest BCUT2D eigenvalue weighted by molar-refractivity contribution is -0.120. The van der Waals surface area contributed by atoms with Crippen molar-refractivity contribution in [2.75, 3.05) is 6.54 Å². The second-order valence-electron chi connectivity index (χ2n) is 4.52. The van der Waals surface area contributed by atoms with E-state index >= 15 is 0 Å². The maximum Gasteiger partial charge on any atom is 0.315 e. The van der Waals surface area contributed by atoms with Gasteiger partial charge >= 0.3 is 6.03 Å². The number of furan rings is 1. The number of hydrogen-bond donors (Lipinski definition) is 3. The van der Waals surface area contributed by atoms with Gasteiger partial charge in [0.25, 0.3) is 0 Å². The summed E-state index contributed by atoms with van der Waals surface area (Å²) in [5, 5.41) is 8.35. The standard InChI is InChI=1S/C15H16ClN3O3/c16-12-4-1-3-11(7-12)8-18-15(21)19-10-14(20)17-9-13-5-2-6-22-13/h1-7H,8-10H2,(H,17,20)(H2,18,19,21). The largest absolute Gasteiger partial charge is 0.467 e. The lowest BCUT2D eigenvalue weighted by Gasteiger charge is -2.08. The number of urea groups is 1. The molecule has 0 radical (unpaired) electrons. The van der Waals surface area contributed by atoms with E-state index in [-0.39, 0.29) is 19.0 Å². The summed E-state index contributed by atoms with van der Waals surface area (Å²) < 4.78 is 5.08. The van der Waals surface area contributed by atoms with E-state index in [1.165, 1.54) is 6.26 Å². The van der Waals surface area contributed by atoms with Gasteiger partial charge in [-0.05, 0) is 29.8 Å². The van der Waals surface area contributed by atoms with E-state index in [0.29, 0.717) is 17.3 Å². The zero-order valence-corrected chi connectivity index (χ0v) is 12.5. The number of rotatable bonds is 6. The summed E-state index contributed by atoms with van der Waals surface area (Å²) in [6.07, 6.45) is 1.53. The molecule has 7 heteroatoms. The van der Waals surface area contributed by atoms with Crippen molar-refractivity contribution < 1.29 is 14.0 Å². The zero-order chi connectivity index (χ0) is 15.8. The van der Waals surface area contributed by atoms with Crippen molar-refractivity contribution in [2.24, 2.45) is 0 Å². The summed E-state index contributed by atoms with van der Waals surface area (Å²) >= 11 is 5.85. The van der Waals surface area contributed by atoms with Crippen molar-refractivity contribution in [3.63, 3.8) is 0 Å². The fraction of sp³-hybridized carbons (Fsp3) is 0.200. The molecule has 0 spiro atoms. The maximum atomic E-state index is 11.6. The third-order valence-corrected chi connectivity index (χ3v) is 3.03. The molecule has 6 nitrogen and oxygen atoms in total. The van der Waals surface area contributed by atoms with E-state index in [1.807, 2.05) is 6.07 Å². The van der Waals surface area contributed by atoms with Crippen molar-refractivity contribution >= 4 is 23.5 Å². The van der Waals surface area contributed by atoms with Gasteiger partial charge in [0.1, 0.15) is 5.76 Å². The number of benzene rings is 1. The molecule has 0 fully saturated rings. The highest BCUT2D eigenvalue weighted by Gasteiger charge is 2.06. The van der Waals surface area contributed by atoms with Gasteiger partial charge in [-0.2, -0.15) is 0 Å². The van der Waals surface area contributed by atoms with Gasteiger partial charge in [0.05, 0.1) is 19.4 Å². The normalized spacial score (nSPS) is 10.0. The molecule has 0 aliphatic carbocycles. The smallest absolute Gasteiger partial charge is 0.315 e. The average Bonchev–Trinajstić information content (AvgIpc) is 3.02. The van der Waals surface area contributed by atoms with Gasteiger partial charge in [0, 0.05) is 11.6 Å². The Labute approximate surface area is 132 Å². The quantitative estimate of drug-likeness (QED) is 0.761. The van der Waals surface area contributed by atoms with Crippen molar-refractivity contribution in [3.05, 3.63) is 59.0 Å². The minimum atomic E-state index is -0.423. The molecule has 116 valence electrons. The monoisotopic (exact) mass is 321 g/mol. The lowest BCUT2D eigenvalue weighted by Crippen LogP contribution is -2.41. The molecule has 1 heterocycles. The van der Waals surface area contributed by atoms with E-state index in [1.54, 1.807) is 30.3 Å². The Morgan fingerprint density at radius 1 is 1.05 bits per heavy atom. The van der Waals surface area contributed by atoms with Crippen molar-refractivity contribution in [1.29, 1.82) is 0 Å². The number of amides is 3. The van der Waals surface area contributed by atoms with E-state index < -0.39 is 6.03 Å². The summed E-state index contributed by atoms with van der Waals surface area (Å²) in [5.41, 5.74) is 0.880. The minimum absolute atomic E-state index is 0.109. The topological polar surface area (TPSA) is 83.4 Å². The third-order valence-electron chi connectivity index (χ3n) is 2.79. The molecule has 0 aliphatic heterocycles. The first-order chi connectivity index (χ1) is 10.6. The van der Waals surface area contributed by atoms with Gasteiger partial charge in [0.2, 0.25) is 5.91 Å². The first kappa shape index (κ1) is 15.9. The van der Waals surface area contributed by atoms with Crippen LogP contribution in [0, 0.1) is 0 Å². The molecule has 3 N–H and O–H groups in total. The van der Waals surface area contributed by atoms with Gasteiger partial charge in [-0.15, -0.1) is 0 Å². The molecule has 0 aliphatic rings. The molecule has 0 bridgehead atoms. The van der Waals surface area contributed by atoms with Crippen LogP contribution in [-0.4, -0.2) is 18.5 Å². The lowest BCUT2D eigenvalue weighted by atomic mass is 10.2. The highest BCUT2D eigenvalue weighted by atomic mass is 35.5. The Morgan fingerprint density at radius 2 is 1.91 bits per heavy atom. The van der Waals surface area contributed by atoms with Crippen LogP contribution in [0.5, 0.6) is 0 Å². The Hall–Kier alpha value is -2.47. The number of hydrogen-bond acceptors (Lipinski definition) is 3. The summed E-state index contributed by atoms with van der Waals surface area (Å²) in [5.74, 6) is 0.355.